The molecular formula is C21H10F12N2O2. The molecule has 16 heteroatoms. The van der Waals surface area contributed by atoms with E-state index in [1.54, 1.807) is 0 Å². The summed E-state index contributed by atoms with van der Waals surface area (Å²) in [6.07, 6.45) is -15.6. The molecular weight excluding hydrogens is 540 g/mol. The Morgan fingerprint density at radius 2 is 0.865 bits per heavy atom. The van der Waals surface area contributed by atoms with Gasteiger partial charge in [0.2, 0.25) is 0 Å². The van der Waals surface area contributed by atoms with Crippen LogP contribution in [0.15, 0.2) is 36.4 Å². The van der Waals surface area contributed by atoms with E-state index >= 15 is 0 Å². The zero-order valence-electron chi connectivity index (χ0n) is 17.5. The Labute approximate surface area is 198 Å². The van der Waals surface area contributed by atoms with E-state index in [4.69, 9.17) is 20.9 Å². The first-order chi connectivity index (χ1) is 16.8. The summed E-state index contributed by atoms with van der Waals surface area (Å²) in [5.41, 5.74) is 1.98. The summed E-state index contributed by atoms with van der Waals surface area (Å²) in [5.74, 6) is -10.6. The molecule has 0 unspecified atom stereocenters. The third kappa shape index (κ3) is 5.56. The summed E-state index contributed by atoms with van der Waals surface area (Å²) in [5, 5.41) is 0. The Bertz CT molecular complexity index is 1350. The van der Waals surface area contributed by atoms with Crippen LogP contribution >= 0.6 is 0 Å². The molecule has 0 bridgehead atoms. The van der Waals surface area contributed by atoms with Crippen LogP contribution in [-0.2, 0) is 18.5 Å². The largest absolute Gasteiger partial charge is 0.453 e. The van der Waals surface area contributed by atoms with Crippen LogP contribution in [0, 0.1) is 17.5 Å². The monoisotopic (exact) mass is 550 g/mol. The summed E-state index contributed by atoms with van der Waals surface area (Å²) in [6, 6.07) is 1.02. The minimum Gasteiger partial charge on any atom is -0.453 e. The minimum atomic E-state index is -5.37. The predicted molar refractivity (Wildman–Crippen MR) is 103 cm³/mol. The van der Waals surface area contributed by atoms with Gasteiger partial charge >= 0.3 is 18.5 Å². The van der Waals surface area contributed by atoms with E-state index in [9.17, 15) is 52.7 Å². The SMILES string of the molecule is Nc1c(C(F)(F)F)ccc(Oc2cc(Oc3ccc(C(F)(F)F)c(N)c3F)c(C(F)(F)F)cc2F)c1F. The number of nitrogen functional groups attached to an aromatic ring is 2. The van der Waals surface area contributed by atoms with E-state index in [1.807, 2.05) is 0 Å². The Kier molecular flexibility index (Phi) is 6.83. The number of hydrogen-bond acceptors (Lipinski definition) is 4. The van der Waals surface area contributed by atoms with Gasteiger partial charge in [0, 0.05) is 6.07 Å². The quantitative estimate of drug-likeness (QED) is 0.256. The lowest BCUT2D eigenvalue weighted by Gasteiger charge is -2.18. The van der Waals surface area contributed by atoms with Crippen molar-refractivity contribution < 1.29 is 62.2 Å². The van der Waals surface area contributed by atoms with Gasteiger partial charge in [-0.3, -0.25) is 0 Å². The van der Waals surface area contributed by atoms with Gasteiger partial charge in [-0.1, -0.05) is 0 Å². The standard InChI is InChI=1S/C21H10F12N2O2/c22-10-5-9(21(31,32)33)13(36-11-3-1-7(19(25,26)27)17(34)15(11)23)6-14(10)37-12-4-2-8(20(28,29)30)18(35)16(12)24/h1-6H,34-35H2. The highest BCUT2D eigenvalue weighted by Gasteiger charge is 2.39. The maximum absolute atomic E-state index is 14.4. The molecule has 0 radical (unpaired) electrons. The molecule has 0 heterocycles. The van der Waals surface area contributed by atoms with Gasteiger partial charge in [0.05, 0.1) is 22.5 Å². The van der Waals surface area contributed by atoms with Crippen molar-refractivity contribution in [3.05, 3.63) is 70.5 Å². The molecule has 0 fully saturated rings. The summed E-state index contributed by atoms with van der Waals surface area (Å²) in [4.78, 5) is 0. The van der Waals surface area contributed by atoms with Crippen molar-refractivity contribution in [1.82, 2.24) is 0 Å². The Morgan fingerprint density at radius 3 is 1.24 bits per heavy atom. The average Bonchev–Trinajstić information content (AvgIpc) is 2.74. The summed E-state index contributed by atoms with van der Waals surface area (Å²) in [7, 11) is 0. The molecule has 0 aliphatic carbocycles. The number of hydrogen-bond donors (Lipinski definition) is 2. The molecule has 0 aromatic heterocycles. The normalized spacial score (nSPS) is 12.5. The topological polar surface area (TPSA) is 70.5 Å². The minimum absolute atomic E-state index is 0.124. The molecule has 0 aliphatic rings. The van der Waals surface area contributed by atoms with Crippen molar-refractivity contribution in [2.45, 2.75) is 18.5 Å². The Morgan fingerprint density at radius 1 is 0.486 bits per heavy atom. The number of anilines is 2. The van der Waals surface area contributed by atoms with E-state index in [0.29, 0.717) is 12.1 Å². The van der Waals surface area contributed by atoms with Crippen LogP contribution in [0.1, 0.15) is 16.7 Å². The molecule has 0 saturated carbocycles. The number of halogens is 12. The molecule has 200 valence electrons. The van der Waals surface area contributed by atoms with Gasteiger partial charge in [-0.2, -0.15) is 39.5 Å². The summed E-state index contributed by atoms with van der Waals surface area (Å²) in [6.45, 7) is 0. The molecule has 0 spiro atoms. The van der Waals surface area contributed by atoms with E-state index in [0.717, 1.165) is 0 Å². The number of alkyl halides is 9. The van der Waals surface area contributed by atoms with Crippen LogP contribution in [0.5, 0.6) is 23.0 Å². The number of nitrogens with two attached hydrogens (primary N) is 2. The molecule has 3 aromatic carbocycles. The van der Waals surface area contributed by atoms with Gasteiger partial charge in [-0.05, 0) is 30.3 Å². The Balaban J connectivity index is 2.09. The van der Waals surface area contributed by atoms with Gasteiger partial charge in [0.25, 0.3) is 0 Å². The van der Waals surface area contributed by atoms with E-state index < -0.39 is 87.0 Å². The lowest BCUT2D eigenvalue weighted by Crippen LogP contribution is -2.12. The van der Waals surface area contributed by atoms with Crippen LogP contribution in [0.3, 0.4) is 0 Å². The number of ether oxygens (including phenoxy) is 2. The van der Waals surface area contributed by atoms with Crippen LogP contribution in [-0.4, -0.2) is 0 Å². The molecule has 0 amide bonds. The molecule has 3 rings (SSSR count). The highest BCUT2D eigenvalue weighted by atomic mass is 19.4. The van der Waals surface area contributed by atoms with Gasteiger partial charge in [-0.15, -0.1) is 0 Å². The van der Waals surface area contributed by atoms with Gasteiger partial charge in [0.15, 0.2) is 34.7 Å². The lowest BCUT2D eigenvalue weighted by atomic mass is 10.1. The van der Waals surface area contributed by atoms with Gasteiger partial charge in [-0.25, -0.2) is 13.2 Å². The average molecular weight is 550 g/mol. The number of benzene rings is 3. The smallest absolute Gasteiger partial charge is 0.420 e. The van der Waals surface area contributed by atoms with Crippen LogP contribution in [0.2, 0.25) is 0 Å². The van der Waals surface area contributed by atoms with E-state index in [1.165, 1.54) is 0 Å². The summed E-state index contributed by atoms with van der Waals surface area (Å²) >= 11 is 0. The van der Waals surface area contributed by atoms with Crippen LogP contribution in [0.4, 0.5) is 64.1 Å². The van der Waals surface area contributed by atoms with Crippen molar-refractivity contribution in [2.75, 3.05) is 11.5 Å². The third-order valence-electron chi connectivity index (χ3n) is 4.68. The van der Waals surface area contributed by atoms with E-state index in [-0.39, 0.29) is 24.3 Å². The van der Waals surface area contributed by atoms with Crippen molar-refractivity contribution >= 4 is 11.4 Å². The van der Waals surface area contributed by atoms with Crippen molar-refractivity contribution in [3.8, 4) is 23.0 Å². The van der Waals surface area contributed by atoms with Gasteiger partial charge in [0.1, 0.15) is 11.3 Å². The fourth-order valence-electron chi connectivity index (χ4n) is 2.95. The second-order valence-electron chi connectivity index (χ2n) is 7.15. The molecule has 4 N–H and O–H groups in total. The molecule has 0 saturated heterocycles. The Hall–Kier alpha value is -3.98. The van der Waals surface area contributed by atoms with E-state index in [2.05, 4.69) is 0 Å². The summed E-state index contributed by atoms with van der Waals surface area (Å²) < 4.78 is 170. The van der Waals surface area contributed by atoms with Crippen LogP contribution in [0.25, 0.3) is 0 Å². The van der Waals surface area contributed by atoms with Crippen molar-refractivity contribution in [3.63, 3.8) is 0 Å². The molecule has 4 nitrogen and oxygen atoms in total. The van der Waals surface area contributed by atoms with Gasteiger partial charge < -0.3 is 20.9 Å². The fraction of sp³-hybridized carbons (Fsp3) is 0.143. The zero-order valence-corrected chi connectivity index (χ0v) is 17.5. The fourth-order valence-corrected chi connectivity index (χ4v) is 2.95. The molecule has 3 aromatic rings. The first-order valence-electron chi connectivity index (χ1n) is 9.39. The molecule has 0 aliphatic heterocycles. The first-order valence-corrected chi connectivity index (χ1v) is 9.39. The highest BCUT2D eigenvalue weighted by Crippen LogP contribution is 2.45. The highest BCUT2D eigenvalue weighted by molar-refractivity contribution is 5.57. The van der Waals surface area contributed by atoms with Crippen LogP contribution < -0.4 is 20.9 Å². The van der Waals surface area contributed by atoms with Crippen molar-refractivity contribution in [2.24, 2.45) is 0 Å². The maximum atomic E-state index is 14.4. The zero-order chi connectivity index (χ0) is 28.1. The predicted octanol–water partition coefficient (Wildman–Crippen LogP) is 7.91. The second-order valence-corrected chi connectivity index (χ2v) is 7.15. The first kappa shape index (κ1) is 27.6. The maximum Gasteiger partial charge on any atom is 0.420 e. The lowest BCUT2D eigenvalue weighted by molar-refractivity contribution is -0.139. The molecule has 0 atom stereocenters. The third-order valence-corrected chi connectivity index (χ3v) is 4.68. The van der Waals surface area contributed by atoms with Crippen molar-refractivity contribution in [1.29, 1.82) is 0 Å². The number of rotatable bonds is 4. The second kappa shape index (κ2) is 9.15. The molecule has 37 heavy (non-hydrogen) atoms.